The Hall–Kier alpha value is -1.99. The summed E-state index contributed by atoms with van der Waals surface area (Å²) >= 11 is 0. The Kier molecular flexibility index (Phi) is 6.45. The van der Waals surface area contributed by atoms with E-state index in [9.17, 15) is 18.0 Å². The van der Waals surface area contributed by atoms with Gasteiger partial charge >= 0.3 is 5.97 Å². The molecular formula is C15H19NO5S. The van der Waals surface area contributed by atoms with Gasteiger partial charge < -0.3 is 5.11 Å². The van der Waals surface area contributed by atoms with E-state index in [4.69, 9.17) is 5.11 Å². The average Bonchev–Trinajstić information content (AvgIpc) is 2.42. The molecule has 6 nitrogen and oxygen atoms in total. The molecule has 1 aromatic carbocycles. The van der Waals surface area contributed by atoms with Crippen molar-refractivity contribution in [1.29, 1.82) is 0 Å². The average molecular weight is 325 g/mol. The highest BCUT2D eigenvalue weighted by atomic mass is 32.2. The Balaban J connectivity index is 3.03. The maximum absolute atomic E-state index is 12.5. The van der Waals surface area contributed by atoms with Crippen molar-refractivity contribution in [3.8, 4) is 0 Å². The van der Waals surface area contributed by atoms with Crippen molar-refractivity contribution >= 4 is 21.8 Å². The maximum Gasteiger partial charge on any atom is 0.304 e. The molecule has 0 heterocycles. The number of carboxylic acids is 1. The highest BCUT2D eigenvalue weighted by molar-refractivity contribution is 7.89. The molecule has 0 atom stereocenters. The van der Waals surface area contributed by atoms with Gasteiger partial charge in [-0.25, -0.2) is 8.42 Å². The third-order valence-corrected chi connectivity index (χ3v) is 4.77. The standard InChI is InChI=1S/C15H19NO5S/c1-12-5-7-14(8-6-12)22(20,21)16(11-9-15(18)19)10-3-4-13(2)17/h3-8H,9-11H2,1-2H3,(H,18,19)/b4-3+. The molecule has 0 amide bonds. The van der Waals surface area contributed by atoms with Gasteiger partial charge in [-0.3, -0.25) is 9.59 Å². The quantitative estimate of drug-likeness (QED) is 0.733. The fourth-order valence-corrected chi connectivity index (χ4v) is 3.12. The molecule has 0 aliphatic carbocycles. The first kappa shape index (κ1) is 18.1. The molecule has 0 fully saturated rings. The van der Waals surface area contributed by atoms with Crippen LogP contribution in [0.1, 0.15) is 18.9 Å². The zero-order chi connectivity index (χ0) is 16.8. The van der Waals surface area contributed by atoms with E-state index >= 15 is 0 Å². The molecule has 0 aliphatic heterocycles. The second-order valence-electron chi connectivity index (χ2n) is 4.83. The summed E-state index contributed by atoms with van der Waals surface area (Å²) in [6.45, 7) is 2.98. The third kappa shape index (κ3) is 5.42. The van der Waals surface area contributed by atoms with E-state index in [0.29, 0.717) is 0 Å². The Morgan fingerprint density at radius 1 is 1.23 bits per heavy atom. The first-order valence-electron chi connectivity index (χ1n) is 6.69. The molecule has 0 spiro atoms. The molecule has 0 radical (unpaired) electrons. The number of ketones is 1. The number of hydrogen-bond acceptors (Lipinski definition) is 4. The van der Waals surface area contributed by atoms with E-state index < -0.39 is 16.0 Å². The summed E-state index contributed by atoms with van der Waals surface area (Å²) in [5, 5.41) is 8.76. The van der Waals surface area contributed by atoms with Crippen LogP contribution in [0.3, 0.4) is 0 Å². The minimum Gasteiger partial charge on any atom is -0.481 e. The number of aliphatic carboxylic acids is 1. The number of sulfonamides is 1. The summed E-state index contributed by atoms with van der Waals surface area (Å²) < 4.78 is 26.1. The summed E-state index contributed by atoms with van der Waals surface area (Å²) in [7, 11) is -3.80. The van der Waals surface area contributed by atoms with Crippen molar-refractivity contribution in [1.82, 2.24) is 4.31 Å². The first-order valence-corrected chi connectivity index (χ1v) is 8.13. The van der Waals surface area contributed by atoms with Crippen LogP contribution in [0.5, 0.6) is 0 Å². The molecule has 1 aromatic rings. The summed E-state index contributed by atoms with van der Waals surface area (Å²) in [5.41, 5.74) is 0.924. The fourth-order valence-electron chi connectivity index (χ4n) is 1.73. The van der Waals surface area contributed by atoms with Gasteiger partial charge in [0.05, 0.1) is 11.3 Å². The van der Waals surface area contributed by atoms with Crippen molar-refractivity contribution in [2.45, 2.75) is 25.2 Å². The smallest absolute Gasteiger partial charge is 0.304 e. The zero-order valence-corrected chi connectivity index (χ0v) is 13.3. The molecule has 7 heteroatoms. The van der Waals surface area contributed by atoms with Crippen LogP contribution >= 0.6 is 0 Å². The molecule has 22 heavy (non-hydrogen) atoms. The minimum absolute atomic E-state index is 0.0525. The van der Waals surface area contributed by atoms with Crippen LogP contribution < -0.4 is 0 Å². The summed E-state index contributed by atoms with van der Waals surface area (Å²) in [6.07, 6.45) is 2.37. The molecule has 0 unspecified atom stereocenters. The maximum atomic E-state index is 12.5. The van der Waals surface area contributed by atoms with Gasteiger partial charge in [0.25, 0.3) is 0 Å². The number of carboxylic acid groups (broad SMARTS) is 1. The fraction of sp³-hybridized carbons (Fsp3) is 0.333. The number of aryl methyl sites for hydroxylation is 1. The largest absolute Gasteiger partial charge is 0.481 e. The number of rotatable bonds is 8. The van der Waals surface area contributed by atoms with Crippen molar-refractivity contribution in [2.75, 3.05) is 13.1 Å². The van der Waals surface area contributed by atoms with Crippen LogP contribution in [0.4, 0.5) is 0 Å². The predicted octanol–water partition coefficient (Wildman–Crippen LogP) is 1.61. The number of nitrogens with zero attached hydrogens (tertiary/aromatic N) is 1. The molecule has 0 saturated carbocycles. The van der Waals surface area contributed by atoms with Gasteiger partial charge in [0.15, 0.2) is 5.78 Å². The molecule has 120 valence electrons. The molecule has 0 aliphatic rings. The third-order valence-electron chi connectivity index (χ3n) is 2.90. The number of carbonyl (C=O) groups excluding carboxylic acids is 1. The first-order chi connectivity index (χ1) is 10.2. The Bertz CT molecular complexity index is 662. The number of allylic oxidation sites excluding steroid dienone is 1. The van der Waals surface area contributed by atoms with Gasteiger partial charge in [0.1, 0.15) is 0 Å². The van der Waals surface area contributed by atoms with Crippen molar-refractivity contribution < 1.29 is 23.1 Å². The lowest BCUT2D eigenvalue weighted by Crippen LogP contribution is -2.33. The van der Waals surface area contributed by atoms with E-state index in [2.05, 4.69) is 0 Å². The lowest BCUT2D eigenvalue weighted by atomic mass is 10.2. The summed E-state index contributed by atoms with van der Waals surface area (Å²) in [6, 6.07) is 6.31. The van der Waals surface area contributed by atoms with Gasteiger partial charge in [0, 0.05) is 13.1 Å². The molecule has 1 N–H and O–H groups in total. The van der Waals surface area contributed by atoms with E-state index in [0.717, 1.165) is 9.87 Å². The normalized spacial score (nSPS) is 12.0. The van der Waals surface area contributed by atoms with E-state index in [1.54, 1.807) is 12.1 Å². The second-order valence-corrected chi connectivity index (χ2v) is 6.77. The number of benzene rings is 1. The Labute approximate surface area is 130 Å². The van der Waals surface area contributed by atoms with Crippen molar-refractivity contribution in [3.63, 3.8) is 0 Å². The van der Waals surface area contributed by atoms with E-state index in [1.807, 2.05) is 6.92 Å². The highest BCUT2D eigenvalue weighted by Crippen LogP contribution is 2.16. The topological polar surface area (TPSA) is 91.8 Å². The monoisotopic (exact) mass is 325 g/mol. The lowest BCUT2D eigenvalue weighted by Gasteiger charge is -2.20. The summed E-state index contributed by atoms with van der Waals surface area (Å²) in [4.78, 5) is 21.7. The van der Waals surface area contributed by atoms with Crippen LogP contribution in [-0.2, 0) is 19.6 Å². The summed E-state index contributed by atoms with van der Waals surface area (Å²) in [5.74, 6) is -1.29. The van der Waals surface area contributed by atoms with E-state index in [-0.39, 0.29) is 30.2 Å². The van der Waals surface area contributed by atoms with Crippen LogP contribution in [-0.4, -0.2) is 42.7 Å². The Morgan fingerprint density at radius 3 is 2.32 bits per heavy atom. The van der Waals surface area contributed by atoms with Crippen LogP contribution in [0.2, 0.25) is 0 Å². The zero-order valence-electron chi connectivity index (χ0n) is 12.5. The minimum atomic E-state index is -3.80. The lowest BCUT2D eigenvalue weighted by molar-refractivity contribution is -0.137. The van der Waals surface area contributed by atoms with Crippen molar-refractivity contribution in [2.24, 2.45) is 0 Å². The number of hydrogen-bond donors (Lipinski definition) is 1. The molecule has 0 bridgehead atoms. The van der Waals surface area contributed by atoms with Gasteiger partial charge in [-0.15, -0.1) is 0 Å². The van der Waals surface area contributed by atoms with Crippen molar-refractivity contribution in [3.05, 3.63) is 42.0 Å². The predicted molar refractivity (Wildman–Crippen MR) is 82.0 cm³/mol. The van der Waals surface area contributed by atoms with Gasteiger partial charge in [-0.05, 0) is 32.1 Å². The SMILES string of the molecule is CC(=O)/C=C/CN(CCC(=O)O)S(=O)(=O)c1ccc(C)cc1. The molecule has 0 aromatic heterocycles. The molecule has 0 saturated heterocycles. The van der Waals surface area contributed by atoms with E-state index in [1.165, 1.54) is 31.2 Å². The molecule has 1 rings (SSSR count). The van der Waals surface area contributed by atoms with Crippen LogP contribution in [0.25, 0.3) is 0 Å². The Morgan fingerprint density at radius 2 is 1.82 bits per heavy atom. The highest BCUT2D eigenvalue weighted by Gasteiger charge is 2.23. The van der Waals surface area contributed by atoms with Crippen LogP contribution in [0.15, 0.2) is 41.3 Å². The van der Waals surface area contributed by atoms with Gasteiger partial charge in [-0.1, -0.05) is 23.8 Å². The van der Waals surface area contributed by atoms with Crippen LogP contribution in [0, 0.1) is 6.92 Å². The molecular weight excluding hydrogens is 306 g/mol. The van der Waals surface area contributed by atoms with Gasteiger partial charge in [-0.2, -0.15) is 4.31 Å². The second kappa shape index (κ2) is 7.86. The van der Waals surface area contributed by atoms with Gasteiger partial charge in [0.2, 0.25) is 10.0 Å². The number of carbonyl (C=O) groups is 2.